The van der Waals surface area contributed by atoms with Crippen molar-refractivity contribution in [2.75, 3.05) is 0 Å². The topological polar surface area (TPSA) is 40.5 Å². The van der Waals surface area contributed by atoms with E-state index in [1.165, 1.54) is 0 Å². The zero-order valence-electron chi connectivity index (χ0n) is 9.12. The molecule has 13 heavy (non-hydrogen) atoms. The molecule has 2 N–H and O–H groups in total. The van der Waals surface area contributed by atoms with Gasteiger partial charge in [0, 0.05) is 0 Å². The van der Waals surface area contributed by atoms with Gasteiger partial charge in [0.15, 0.2) is 0 Å². The Hall–Kier alpha value is -0.0800. The van der Waals surface area contributed by atoms with Crippen LogP contribution in [0.4, 0.5) is 0 Å². The number of rotatable bonds is 0. The molecule has 0 aromatic carbocycles. The summed E-state index contributed by atoms with van der Waals surface area (Å²) in [5.74, 6) is 0.479. The van der Waals surface area contributed by atoms with E-state index >= 15 is 0 Å². The molecule has 2 nitrogen and oxygen atoms in total. The Kier molecular flexibility index (Phi) is 3.03. The fourth-order valence-electron chi connectivity index (χ4n) is 2.28. The van der Waals surface area contributed by atoms with Gasteiger partial charge in [0.1, 0.15) is 0 Å². The summed E-state index contributed by atoms with van der Waals surface area (Å²) in [6.45, 7) is 8.39. The van der Waals surface area contributed by atoms with Crippen molar-refractivity contribution in [1.82, 2.24) is 0 Å². The standard InChI is InChI=1S/C11H22O2/c1-7-5-10(13)8(6-9(7)12)11(2,3)4/h7-10,12-13H,5-6H2,1-4H3/t7-,8-,9+,10+/m1/s1. The zero-order valence-corrected chi connectivity index (χ0v) is 9.12. The molecule has 0 radical (unpaired) electrons. The van der Waals surface area contributed by atoms with Crippen LogP contribution in [-0.4, -0.2) is 22.4 Å². The van der Waals surface area contributed by atoms with Crippen molar-refractivity contribution >= 4 is 0 Å². The highest BCUT2D eigenvalue weighted by Crippen LogP contribution is 2.39. The average Bonchev–Trinajstić information content (AvgIpc) is 1.94. The monoisotopic (exact) mass is 186 g/mol. The van der Waals surface area contributed by atoms with E-state index in [0.717, 1.165) is 12.8 Å². The Balaban J connectivity index is 2.67. The van der Waals surface area contributed by atoms with E-state index < -0.39 is 0 Å². The molecule has 0 amide bonds. The summed E-state index contributed by atoms with van der Waals surface area (Å²) in [7, 11) is 0. The van der Waals surface area contributed by atoms with Gasteiger partial charge in [-0.1, -0.05) is 27.7 Å². The van der Waals surface area contributed by atoms with E-state index in [9.17, 15) is 10.2 Å². The van der Waals surface area contributed by atoms with Gasteiger partial charge in [-0.25, -0.2) is 0 Å². The van der Waals surface area contributed by atoms with Gasteiger partial charge in [-0.3, -0.25) is 0 Å². The van der Waals surface area contributed by atoms with Gasteiger partial charge in [0.05, 0.1) is 12.2 Å². The van der Waals surface area contributed by atoms with Gasteiger partial charge < -0.3 is 10.2 Å². The minimum atomic E-state index is -0.238. The molecule has 0 spiro atoms. The van der Waals surface area contributed by atoms with E-state index in [1.54, 1.807) is 0 Å². The summed E-state index contributed by atoms with van der Waals surface area (Å²) >= 11 is 0. The molecule has 78 valence electrons. The third kappa shape index (κ3) is 2.44. The molecule has 0 bridgehead atoms. The van der Waals surface area contributed by atoms with Gasteiger partial charge >= 0.3 is 0 Å². The van der Waals surface area contributed by atoms with Gasteiger partial charge in [-0.15, -0.1) is 0 Å². The van der Waals surface area contributed by atoms with Crippen molar-refractivity contribution < 1.29 is 10.2 Å². The van der Waals surface area contributed by atoms with Crippen LogP contribution >= 0.6 is 0 Å². The third-order valence-corrected chi connectivity index (χ3v) is 3.34. The second-order valence-corrected chi connectivity index (χ2v) is 5.56. The third-order valence-electron chi connectivity index (χ3n) is 3.34. The van der Waals surface area contributed by atoms with Crippen molar-refractivity contribution in [3.63, 3.8) is 0 Å². The summed E-state index contributed by atoms with van der Waals surface area (Å²) < 4.78 is 0. The van der Waals surface area contributed by atoms with E-state index in [0.29, 0.717) is 0 Å². The van der Waals surface area contributed by atoms with E-state index in [2.05, 4.69) is 20.8 Å². The zero-order chi connectivity index (χ0) is 10.2. The van der Waals surface area contributed by atoms with Crippen molar-refractivity contribution in [2.45, 2.75) is 52.7 Å². The fraction of sp³-hybridized carbons (Fsp3) is 1.00. The lowest BCUT2D eigenvalue weighted by Gasteiger charge is -2.42. The Bertz CT molecular complexity index is 171. The molecule has 0 heterocycles. The molecule has 0 aromatic heterocycles. The van der Waals surface area contributed by atoms with Crippen LogP contribution in [0, 0.1) is 17.3 Å². The Morgan fingerprint density at radius 1 is 1.00 bits per heavy atom. The van der Waals surface area contributed by atoms with Crippen LogP contribution in [0.15, 0.2) is 0 Å². The van der Waals surface area contributed by atoms with Gasteiger partial charge in [0.25, 0.3) is 0 Å². The highest BCUT2D eigenvalue weighted by molar-refractivity contribution is 4.89. The van der Waals surface area contributed by atoms with E-state index in [4.69, 9.17) is 0 Å². The van der Waals surface area contributed by atoms with Gasteiger partial charge in [-0.2, -0.15) is 0 Å². The smallest absolute Gasteiger partial charge is 0.0577 e. The lowest BCUT2D eigenvalue weighted by Crippen LogP contribution is -2.43. The molecule has 1 rings (SSSR count). The number of aliphatic hydroxyl groups is 2. The lowest BCUT2D eigenvalue weighted by atomic mass is 9.67. The van der Waals surface area contributed by atoms with Crippen LogP contribution in [0.2, 0.25) is 0 Å². The maximum Gasteiger partial charge on any atom is 0.0577 e. The number of hydrogen-bond acceptors (Lipinski definition) is 2. The molecule has 0 aromatic rings. The molecule has 4 atom stereocenters. The predicted molar refractivity (Wildman–Crippen MR) is 53.4 cm³/mol. The average molecular weight is 186 g/mol. The normalized spacial score (nSPS) is 42.0. The Morgan fingerprint density at radius 3 is 2.00 bits per heavy atom. The van der Waals surface area contributed by atoms with Crippen LogP contribution < -0.4 is 0 Å². The second-order valence-electron chi connectivity index (χ2n) is 5.56. The first-order valence-electron chi connectivity index (χ1n) is 5.18. The van der Waals surface area contributed by atoms with Crippen LogP contribution in [0.1, 0.15) is 40.5 Å². The molecule has 2 heteroatoms. The molecule has 1 aliphatic rings. The number of aliphatic hydroxyl groups excluding tert-OH is 2. The summed E-state index contributed by atoms with van der Waals surface area (Å²) in [5, 5.41) is 19.6. The quantitative estimate of drug-likeness (QED) is 0.605. The second kappa shape index (κ2) is 3.58. The highest BCUT2D eigenvalue weighted by atomic mass is 16.3. The van der Waals surface area contributed by atoms with Crippen LogP contribution in [0.3, 0.4) is 0 Å². The maximum atomic E-state index is 9.88. The largest absolute Gasteiger partial charge is 0.393 e. The molecule has 1 fully saturated rings. The first-order chi connectivity index (χ1) is 5.82. The SMILES string of the molecule is C[C@@H]1C[C@H](O)[C@H](C(C)(C)C)C[C@@H]1O. The Labute approximate surface area is 81.0 Å². The van der Waals surface area contributed by atoms with Crippen LogP contribution in [0.25, 0.3) is 0 Å². The summed E-state index contributed by atoms with van der Waals surface area (Å²) in [6, 6.07) is 0. The van der Waals surface area contributed by atoms with Crippen LogP contribution in [-0.2, 0) is 0 Å². The highest BCUT2D eigenvalue weighted by Gasteiger charge is 2.39. The van der Waals surface area contributed by atoms with Gasteiger partial charge in [-0.05, 0) is 30.1 Å². The predicted octanol–water partition coefficient (Wildman–Crippen LogP) is 1.80. The van der Waals surface area contributed by atoms with Gasteiger partial charge in [0.2, 0.25) is 0 Å². The summed E-state index contributed by atoms with van der Waals surface area (Å²) in [6.07, 6.45) is 1.01. The molecule has 1 saturated carbocycles. The molecule has 0 saturated heterocycles. The first-order valence-corrected chi connectivity index (χ1v) is 5.18. The van der Waals surface area contributed by atoms with Crippen LogP contribution in [0.5, 0.6) is 0 Å². The Morgan fingerprint density at radius 2 is 1.54 bits per heavy atom. The molecule has 0 unspecified atom stereocenters. The van der Waals surface area contributed by atoms with Crippen molar-refractivity contribution in [3.8, 4) is 0 Å². The van der Waals surface area contributed by atoms with Crippen molar-refractivity contribution in [3.05, 3.63) is 0 Å². The van der Waals surface area contributed by atoms with E-state index in [1.807, 2.05) is 6.92 Å². The summed E-state index contributed by atoms with van der Waals surface area (Å²) in [4.78, 5) is 0. The molecular weight excluding hydrogens is 164 g/mol. The maximum absolute atomic E-state index is 9.88. The number of hydrogen-bond donors (Lipinski definition) is 2. The first kappa shape index (κ1) is 11.0. The molecular formula is C11H22O2. The lowest BCUT2D eigenvalue weighted by molar-refractivity contribution is -0.0628. The fourth-order valence-corrected chi connectivity index (χ4v) is 2.28. The van der Waals surface area contributed by atoms with E-state index in [-0.39, 0.29) is 29.5 Å². The molecule has 0 aliphatic heterocycles. The summed E-state index contributed by atoms with van der Waals surface area (Å²) in [5.41, 5.74) is 0.0978. The minimum absolute atomic E-state index is 0.0978. The molecule has 1 aliphatic carbocycles. The minimum Gasteiger partial charge on any atom is -0.393 e. The van der Waals surface area contributed by atoms with Crippen molar-refractivity contribution in [1.29, 1.82) is 0 Å². The van der Waals surface area contributed by atoms with Crippen molar-refractivity contribution in [2.24, 2.45) is 17.3 Å².